The fourth-order valence-corrected chi connectivity index (χ4v) is 2.50. The third kappa shape index (κ3) is 4.92. The lowest BCUT2D eigenvalue weighted by molar-refractivity contribution is 0.102. The van der Waals surface area contributed by atoms with Crippen LogP contribution in [0.2, 0.25) is 0 Å². The fraction of sp³-hybridized carbons (Fsp3) is 0.0952. The van der Waals surface area contributed by atoms with Crippen molar-refractivity contribution in [3.05, 3.63) is 83.7 Å². The molecule has 0 unspecified atom stereocenters. The fourth-order valence-electron chi connectivity index (χ4n) is 2.50. The molecule has 29 heavy (non-hydrogen) atoms. The Bertz CT molecular complexity index is 1020. The van der Waals surface area contributed by atoms with Crippen LogP contribution in [0.3, 0.4) is 0 Å². The van der Waals surface area contributed by atoms with E-state index in [9.17, 15) is 18.4 Å². The van der Waals surface area contributed by atoms with Gasteiger partial charge in [0.25, 0.3) is 11.8 Å². The second-order valence-electron chi connectivity index (χ2n) is 5.89. The zero-order valence-electron chi connectivity index (χ0n) is 15.4. The molecule has 3 aromatic rings. The Morgan fingerprint density at radius 2 is 1.66 bits per heavy atom. The topological polar surface area (TPSA) is 80.3 Å². The van der Waals surface area contributed by atoms with Crippen molar-refractivity contribution in [1.82, 2.24) is 4.98 Å². The smallest absolute Gasteiger partial charge is 0.274 e. The molecule has 0 aliphatic carbocycles. The highest BCUT2D eigenvalue weighted by atomic mass is 19.1. The zero-order valence-corrected chi connectivity index (χ0v) is 15.4. The molecule has 0 fully saturated rings. The van der Waals surface area contributed by atoms with Gasteiger partial charge in [0.1, 0.15) is 28.8 Å². The third-order valence-corrected chi connectivity index (χ3v) is 3.88. The molecule has 0 aliphatic heterocycles. The summed E-state index contributed by atoms with van der Waals surface area (Å²) in [6.45, 7) is 2.40. The van der Waals surface area contributed by atoms with Gasteiger partial charge in [-0.2, -0.15) is 0 Å². The Morgan fingerprint density at radius 3 is 2.31 bits per heavy atom. The average Bonchev–Trinajstić information content (AvgIpc) is 2.72. The number of ether oxygens (including phenoxy) is 1. The minimum atomic E-state index is -0.914. The van der Waals surface area contributed by atoms with Gasteiger partial charge < -0.3 is 15.4 Å². The number of hydrogen-bond acceptors (Lipinski definition) is 4. The number of rotatable bonds is 6. The van der Waals surface area contributed by atoms with Gasteiger partial charge in [-0.15, -0.1) is 0 Å². The van der Waals surface area contributed by atoms with Crippen molar-refractivity contribution >= 4 is 23.2 Å². The number of para-hydroxylation sites is 1. The van der Waals surface area contributed by atoms with Crippen LogP contribution in [0.4, 0.5) is 20.2 Å². The van der Waals surface area contributed by atoms with E-state index >= 15 is 0 Å². The molecule has 2 aromatic carbocycles. The largest absolute Gasteiger partial charge is 0.494 e. The van der Waals surface area contributed by atoms with Crippen LogP contribution in [0.15, 0.2) is 60.8 Å². The van der Waals surface area contributed by atoms with Crippen LogP contribution >= 0.6 is 0 Å². The van der Waals surface area contributed by atoms with Crippen LogP contribution in [-0.2, 0) is 0 Å². The van der Waals surface area contributed by atoms with Crippen LogP contribution in [0.1, 0.15) is 27.8 Å². The molecule has 0 spiro atoms. The minimum absolute atomic E-state index is 0.160. The molecular weight excluding hydrogens is 380 g/mol. The summed E-state index contributed by atoms with van der Waals surface area (Å²) in [4.78, 5) is 28.6. The summed E-state index contributed by atoms with van der Waals surface area (Å²) in [5, 5.41) is 4.82. The molecule has 0 aliphatic rings. The van der Waals surface area contributed by atoms with E-state index in [1.54, 1.807) is 24.3 Å². The molecule has 0 atom stereocenters. The lowest BCUT2D eigenvalue weighted by Gasteiger charge is -2.09. The number of anilines is 2. The van der Waals surface area contributed by atoms with E-state index in [-0.39, 0.29) is 11.3 Å². The first kappa shape index (κ1) is 19.9. The van der Waals surface area contributed by atoms with Crippen LogP contribution in [0.25, 0.3) is 0 Å². The number of nitrogens with zero attached hydrogens (tertiary/aromatic N) is 1. The van der Waals surface area contributed by atoms with Crippen LogP contribution in [-0.4, -0.2) is 23.4 Å². The molecule has 0 radical (unpaired) electrons. The summed E-state index contributed by atoms with van der Waals surface area (Å²) in [5.74, 6) is -2.47. The number of amides is 2. The molecule has 1 heterocycles. The predicted octanol–water partition coefficient (Wildman–Crippen LogP) is 4.26. The number of aromatic nitrogens is 1. The number of halogens is 2. The highest BCUT2D eigenvalue weighted by Crippen LogP contribution is 2.19. The van der Waals surface area contributed by atoms with E-state index in [0.717, 1.165) is 12.1 Å². The van der Waals surface area contributed by atoms with Gasteiger partial charge in [0, 0.05) is 17.4 Å². The number of benzene rings is 2. The van der Waals surface area contributed by atoms with Crippen molar-refractivity contribution in [3.8, 4) is 5.75 Å². The van der Waals surface area contributed by atoms with Crippen molar-refractivity contribution in [2.75, 3.05) is 17.2 Å². The third-order valence-electron chi connectivity index (χ3n) is 3.88. The lowest BCUT2D eigenvalue weighted by atomic mass is 10.2. The SMILES string of the molecule is CCOc1ccc(NC(=O)c2ccnc(C(=O)Nc3c(F)cccc3F)c2)cc1. The Kier molecular flexibility index (Phi) is 6.13. The molecule has 0 bridgehead atoms. The van der Waals surface area contributed by atoms with Gasteiger partial charge in [-0.3, -0.25) is 14.6 Å². The van der Waals surface area contributed by atoms with E-state index in [1.807, 2.05) is 6.92 Å². The maximum Gasteiger partial charge on any atom is 0.274 e. The van der Waals surface area contributed by atoms with Crippen molar-refractivity contribution in [2.24, 2.45) is 0 Å². The lowest BCUT2D eigenvalue weighted by Crippen LogP contribution is -2.18. The first-order chi connectivity index (χ1) is 14.0. The summed E-state index contributed by atoms with van der Waals surface area (Å²) in [7, 11) is 0. The quantitative estimate of drug-likeness (QED) is 0.651. The number of carbonyl (C=O) groups is 2. The Hall–Kier alpha value is -3.81. The van der Waals surface area contributed by atoms with Gasteiger partial charge in [0.15, 0.2) is 0 Å². The zero-order chi connectivity index (χ0) is 20.8. The Labute approximate surface area is 165 Å². The molecule has 6 nitrogen and oxygen atoms in total. The second-order valence-corrected chi connectivity index (χ2v) is 5.89. The van der Waals surface area contributed by atoms with Gasteiger partial charge in [-0.1, -0.05) is 6.07 Å². The molecular formula is C21H17F2N3O3. The summed E-state index contributed by atoms with van der Waals surface area (Å²) in [6.07, 6.45) is 1.26. The number of pyridine rings is 1. The summed E-state index contributed by atoms with van der Waals surface area (Å²) in [5.41, 5.74) is -0.0433. The molecule has 3 rings (SSSR count). The van der Waals surface area contributed by atoms with Crippen molar-refractivity contribution < 1.29 is 23.1 Å². The standard InChI is InChI=1S/C21H17F2N3O3/c1-2-29-15-8-6-14(7-9-15)25-20(27)13-10-11-24-18(12-13)21(28)26-19-16(22)4-3-5-17(19)23/h3-12H,2H2,1H3,(H,25,27)(H,26,28). The first-order valence-corrected chi connectivity index (χ1v) is 8.73. The number of nitrogens with one attached hydrogen (secondary N) is 2. The first-order valence-electron chi connectivity index (χ1n) is 8.73. The molecule has 0 saturated carbocycles. The van der Waals surface area contributed by atoms with E-state index in [2.05, 4.69) is 15.6 Å². The average molecular weight is 397 g/mol. The maximum atomic E-state index is 13.7. The highest BCUT2D eigenvalue weighted by Gasteiger charge is 2.16. The molecule has 1 aromatic heterocycles. The monoisotopic (exact) mass is 397 g/mol. The number of hydrogen-bond donors (Lipinski definition) is 2. The number of carbonyl (C=O) groups excluding carboxylic acids is 2. The van der Waals surface area contributed by atoms with Crippen LogP contribution in [0, 0.1) is 11.6 Å². The molecule has 0 saturated heterocycles. The van der Waals surface area contributed by atoms with E-state index in [0.29, 0.717) is 18.0 Å². The predicted molar refractivity (Wildman–Crippen MR) is 104 cm³/mol. The van der Waals surface area contributed by atoms with E-state index < -0.39 is 29.1 Å². The molecule has 8 heteroatoms. The van der Waals surface area contributed by atoms with Crippen LogP contribution < -0.4 is 15.4 Å². The maximum absolute atomic E-state index is 13.7. The van der Waals surface area contributed by atoms with Crippen molar-refractivity contribution in [1.29, 1.82) is 0 Å². The van der Waals surface area contributed by atoms with Gasteiger partial charge in [0.2, 0.25) is 0 Å². The van der Waals surface area contributed by atoms with E-state index in [1.165, 1.54) is 24.4 Å². The van der Waals surface area contributed by atoms with Gasteiger partial charge >= 0.3 is 0 Å². The Balaban J connectivity index is 1.73. The highest BCUT2D eigenvalue weighted by molar-refractivity contribution is 6.07. The minimum Gasteiger partial charge on any atom is -0.494 e. The molecule has 2 N–H and O–H groups in total. The molecule has 148 valence electrons. The summed E-state index contributed by atoms with van der Waals surface area (Å²) in [6, 6.07) is 12.7. The van der Waals surface area contributed by atoms with Crippen molar-refractivity contribution in [2.45, 2.75) is 6.92 Å². The second kappa shape index (κ2) is 8.92. The molecule has 2 amide bonds. The van der Waals surface area contributed by atoms with Crippen molar-refractivity contribution in [3.63, 3.8) is 0 Å². The van der Waals surface area contributed by atoms with Gasteiger partial charge in [-0.05, 0) is 55.5 Å². The normalized spacial score (nSPS) is 10.3. The van der Waals surface area contributed by atoms with Crippen LogP contribution in [0.5, 0.6) is 5.75 Å². The van der Waals surface area contributed by atoms with Gasteiger partial charge in [-0.25, -0.2) is 8.78 Å². The summed E-state index contributed by atoms with van der Waals surface area (Å²) >= 11 is 0. The van der Waals surface area contributed by atoms with E-state index in [4.69, 9.17) is 4.74 Å². The Morgan fingerprint density at radius 1 is 0.966 bits per heavy atom. The van der Waals surface area contributed by atoms with Gasteiger partial charge in [0.05, 0.1) is 6.61 Å². The summed E-state index contributed by atoms with van der Waals surface area (Å²) < 4.78 is 32.7.